The number of hydrogen-bond acceptors (Lipinski definition) is 2. The van der Waals surface area contributed by atoms with Gasteiger partial charge in [0, 0.05) is 13.1 Å². The molecular weight excluding hydrogens is 340 g/mol. The Morgan fingerprint density at radius 3 is 2.71 bits per heavy atom. The summed E-state index contributed by atoms with van der Waals surface area (Å²) in [5.74, 6) is -0.480. The standard InChI is InChI=1S/C15H12BrF2N3/c1-21-14-5-3-2-4-12(14)20-15(21)8-19-13-6-9(16)10(17)7-11(13)18/h2-7,19H,8H2,1H3. The van der Waals surface area contributed by atoms with E-state index in [2.05, 4.69) is 26.2 Å². The lowest BCUT2D eigenvalue weighted by molar-refractivity contribution is 0.580. The van der Waals surface area contributed by atoms with Crippen LogP contribution in [0.2, 0.25) is 0 Å². The van der Waals surface area contributed by atoms with Gasteiger partial charge in [-0.25, -0.2) is 13.8 Å². The van der Waals surface area contributed by atoms with Crippen LogP contribution in [0.25, 0.3) is 11.0 Å². The molecule has 0 amide bonds. The molecule has 0 saturated carbocycles. The fourth-order valence-corrected chi connectivity index (χ4v) is 2.53. The first-order valence-corrected chi connectivity index (χ1v) is 7.14. The maximum absolute atomic E-state index is 13.7. The van der Waals surface area contributed by atoms with Crippen molar-refractivity contribution >= 4 is 32.7 Å². The minimum atomic E-state index is -0.630. The molecule has 1 aromatic heterocycles. The number of nitrogens with zero attached hydrogens (tertiary/aromatic N) is 2. The molecule has 0 spiro atoms. The van der Waals surface area contributed by atoms with Gasteiger partial charge >= 0.3 is 0 Å². The molecule has 3 aromatic rings. The van der Waals surface area contributed by atoms with Crippen molar-refractivity contribution in [3.05, 3.63) is 58.3 Å². The smallest absolute Gasteiger partial charge is 0.149 e. The van der Waals surface area contributed by atoms with Gasteiger partial charge in [-0.3, -0.25) is 0 Å². The molecule has 0 fully saturated rings. The second-order valence-corrected chi connectivity index (χ2v) is 5.53. The lowest BCUT2D eigenvalue weighted by atomic mass is 10.3. The van der Waals surface area contributed by atoms with Crippen LogP contribution < -0.4 is 5.32 Å². The monoisotopic (exact) mass is 351 g/mol. The molecule has 3 nitrogen and oxygen atoms in total. The Morgan fingerprint density at radius 2 is 1.95 bits per heavy atom. The number of aromatic nitrogens is 2. The van der Waals surface area contributed by atoms with Gasteiger partial charge in [0.1, 0.15) is 17.5 Å². The minimum Gasteiger partial charge on any atom is -0.375 e. The van der Waals surface area contributed by atoms with Crippen molar-refractivity contribution in [1.82, 2.24) is 9.55 Å². The quantitative estimate of drug-likeness (QED) is 0.715. The van der Waals surface area contributed by atoms with Gasteiger partial charge in [-0.05, 0) is 34.1 Å². The Morgan fingerprint density at radius 1 is 1.19 bits per heavy atom. The molecular formula is C15H12BrF2N3. The summed E-state index contributed by atoms with van der Waals surface area (Å²) in [6, 6.07) is 9.99. The lowest BCUT2D eigenvalue weighted by Crippen LogP contribution is -2.07. The fraction of sp³-hybridized carbons (Fsp3) is 0.133. The van der Waals surface area contributed by atoms with Crippen LogP contribution in [-0.2, 0) is 13.6 Å². The summed E-state index contributed by atoms with van der Waals surface area (Å²) in [7, 11) is 1.91. The number of imidazole rings is 1. The highest BCUT2D eigenvalue weighted by Gasteiger charge is 2.10. The molecule has 0 bridgehead atoms. The van der Waals surface area contributed by atoms with Gasteiger partial charge in [-0.1, -0.05) is 12.1 Å². The molecule has 3 rings (SSSR count). The van der Waals surface area contributed by atoms with E-state index in [9.17, 15) is 8.78 Å². The Balaban J connectivity index is 1.87. The molecule has 108 valence electrons. The van der Waals surface area contributed by atoms with E-state index in [-0.39, 0.29) is 10.2 Å². The Labute approximate surface area is 128 Å². The number of fused-ring (bicyclic) bond motifs is 1. The van der Waals surface area contributed by atoms with Crippen LogP contribution in [-0.4, -0.2) is 9.55 Å². The summed E-state index contributed by atoms with van der Waals surface area (Å²) in [6.45, 7) is 0.347. The van der Waals surface area contributed by atoms with Crippen molar-refractivity contribution in [3.63, 3.8) is 0 Å². The molecule has 0 radical (unpaired) electrons. The average Bonchev–Trinajstić information content (AvgIpc) is 2.79. The van der Waals surface area contributed by atoms with Gasteiger partial charge in [0.15, 0.2) is 0 Å². The van der Waals surface area contributed by atoms with Crippen LogP contribution in [0, 0.1) is 11.6 Å². The Kier molecular flexibility index (Phi) is 3.63. The first-order valence-electron chi connectivity index (χ1n) is 6.35. The van der Waals surface area contributed by atoms with Crippen molar-refractivity contribution in [2.45, 2.75) is 6.54 Å². The highest BCUT2D eigenvalue weighted by Crippen LogP contribution is 2.24. The molecule has 0 aliphatic heterocycles. The number of nitrogens with one attached hydrogen (secondary N) is 1. The molecule has 1 heterocycles. The zero-order valence-electron chi connectivity index (χ0n) is 11.2. The predicted octanol–water partition coefficient (Wildman–Crippen LogP) is 4.23. The van der Waals surface area contributed by atoms with E-state index in [1.165, 1.54) is 6.07 Å². The number of para-hydroxylation sites is 2. The molecule has 0 atom stereocenters. The average molecular weight is 352 g/mol. The van der Waals surface area contributed by atoms with Crippen LogP contribution >= 0.6 is 15.9 Å². The summed E-state index contributed by atoms with van der Waals surface area (Å²) in [5, 5.41) is 2.94. The van der Waals surface area contributed by atoms with Gasteiger partial charge < -0.3 is 9.88 Å². The number of halogens is 3. The number of hydrogen-bond donors (Lipinski definition) is 1. The molecule has 1 N–H and O–H groups in total. The van der Waals surface area contributed by atoms with E-state index in [4.69, 9.17) is 0 Å². The van der Waals surface area contributed by atoms with Gasteiger partial charge in [0.2, 0.25) is 0 Å². The van der Waals surface area contributed by atoms with Crippen LogP contribution in [0.15, 0.2) is 40.9 Å². The summed E-state index contributed by atoms with van der Waals surface area (Å²) in [6.07, 6.45) is 0. The van der Waals surface area contributed by atoms with Crippen molar-refractivity contribution in [3.8, 4) is 0 Å². The van der Waals surface area contributed by atoms with Crippen molar-refractivity contribution < 1.29 is 8.78 Å². The maximum atomic E-state index is 13.7. The molecule has 6 heteroatoms. The van der Waals surface area contributed by atoms with Crippen molar-refractivity contribution in [1.29, 1.82) is 0 Å². The number of aryl methyl sites for hydroxylation is 1. The van der Waals surface area contributed by atoms with E-state index in [0.717, 1.165) is 22.9 Å². The molecule has 0 aliphatic carbocycles. The van der Waals surface area contributed by atoms with E-state index in [1.54, 1.807) is 0 Å². The van der Waals surface area contributed by atoms with Gasteiger partial charge in [-0.15, -0.1) is 0 Å². The van der Waals surface area contributed by atoms with Gasteiger partial charge in [0.05, 0.1) is 27.7 Å². The number of benzene rings is 2. The minimum absolute atomic E-state index is 0.219. The molecule has 0 aliphatic rings. The maximum Gasteiger partial charge on any atom is 0.149 e. The van der Waals surface area contributed by atoms with E-state index in [0.29, 0.717) is 6.54 Å². The largest absolute Gasteiger partial charge is 0.375 e. The SMILES string of the molecule is Cn1c(CNc2cc(Br)c(F)cc2F)nc2ccccc21. The number of rotatable bonds is 3. The van der Waals surface area contributed by atoms with Crippen LogP contribution in [0.3, 0.4) is 0 Å². The topological polar surface area (TPSA) is 29.9 Å². The van der Waals surface area contributed by atoms with Crippen molar-refractivity contribution in [2.24, 2.45) is 7.05 Å². The summed E-state index contributed by atoms with van der Waals surface area (Å²) in [4.78, 5) is 4.49. The Bertz CT molecular complexity index is 814. The molecule has 2 aromatic carbocycles. The zero-order valence-corrected chi connectivity index (χ0v) is 12.8. The van der Waals surface area contributed by atoms with E-state index >= 15 is 0 Å². The lowest BCUT2D eigenvalue weighted by Gasteiger charge is -2.08. The van der Waals surface area contributed by atoms with E-state index < -0.39 is 11.6 Å². The second kappa shape index (κ2) is 5.44. The summed E-state index contributed by atoms with van der Waals surface area (Å²) >= 11 is 3.05. The summed E-state index contributed by atoms with van der Waals surface area (Å²) in [5.41, 5.74) is 2.13. The molecule has 21 heavy (non-hydrogen) atoms. The molecule has 0 unspecified atom stereocenters. The van der Waals surface area contributed by atoms with Crippen LogP contribution in [0.5, 0.6) is 0 Å². The Hall–Kier alpha value is -1.95. The third kappa shape index (κ3) is 2.63. The highest BCUT2D eigenvalue weighted by molar-refractivity contribution is 9.10. The third-order valence-corrected chi connectivity index (χ3v) is 3.93. The van der Waals surface area contributed by atoms with Crippen LogP contribution in [0.1, 0.15) is 5.82 Å². The normalized spacial score (nSPS) is 11.0. The van der Waals surface area contributed by atoms with E-state index in [1.807, 2.05) is 35.9 Å². The fourth-order valence-electron chi connectivity index (χ4n) is 2.19. The van der Waals surface area contributed by atoms with Crippen LogP contribution in [0.4, 0.5) is 14.5 Å². The molecule has 0 saturated heterocycles. The van der Waals surface area contributed by atoms with Crippen molar-refractivity contribution in [2.75, 3.05) is 5.32 Å². The number of anilines is 1. The highest BCUT2D eigenvalue weighted by atomic mass is 79.9. The first-order chi connectivity index (χ1) is 10.1. The zero-order chi connectivity index (χ0) is 15.0. The van der Waals surface area contributed by atoms with Gasteiger partial charge in [0.25, 0.3) is 0 Å². The predicted molar refractivity (Wildman–Crippen MR) is 82.1 cm³/mol. The first kappa shape index (κ1) is 14.0. The second-order valence-electron chi connectivity index (χ2n) is 4.68. The third-order valence-electron chi connectivity index (χ3n) is 3.33. The summed E-state index contributed by atoms with van der Waals surface area (Å²) < 4.78 is 29.0. The van der Waals surface area contributed by atoms with Gasteiger partial charge in [-0.2, -0.15) is 0 Å².